The van der Waals surface area contributed by atoms with E-state index in [1.165, 1.54) is 24.0 Å². The number of hydrogen-bond donors (Lipinski definition) is 0. The van der Waals surface area contributed by atoms with Gasteiger partial charge in [-0.15, -0.1) is 0 Å². The first-order valence-corrected chi connectivity index (χ1v) is 11.5. The van der Waals surface area contributed by atoms with E-state index >= 15 is 0 Å². The molecule has 33 heavy (non-hydrogen) atoms. The number of carbonyl (C=O) groups excluding carboxylic acids is 1. The van der Waals surface area contributed by atoms with E-state index in [1.807, 2.05) is 48.5 Å². The molecule has 0 bridgehead atoms. The van der Waals surface area contributed by atoms with Crippen LogP contribution >= 0.6 is 11.3 Å². The number of nitrogens with zero attached hydrogens (tertiary/aromatic N) is 2. The molecule has 7 heteroatoms. The van der Waals surface area contributed by atoms with Gasteiger partial charge in [-0.25, -0.2) is 9.79 Å². The van der Waals surface area contributed by atoms with Crippen LogP contribution in [0.15, 0.2) is 69.6 Å². The van der Waals surface area contributed by atoms with Gasteiger partial charge in [0.15, 0.2) is 4.80 Å². The molecule has 0 amide bonds. The first-order chi connectivity index (χ1) is 15.8. The predicted octanol–water partition coefficient (Wildman–Crippen LogP) is 3.54. The van der Waals surface area contributed by atoms with E-state index in [4.69, 9.17) is 9.47 Å². The van der Waals surface area contributed by atoms with Crippen LogP contribution in [0.1, 0.15) is 49.4 Å². The lowest BCUT2D eigenvalue weighted by Crippen LogP contribution is -2.39. The zero-order valence-electron chi connectivity index (χ0n) is 19.3. The number of methoxy groups -OCH3 is 2. The van der Waals surface area contributed by atoms with Crippen molar-refractivity contribution in [2.75, 3.05) is 14.2 Å². The van der Waals surface area contributed by atoms with Crippen molar-refractivity contribution in [1.82, 2.24) is 4.57 Å². The molecule has 0 aliphatic carbocycles. The first kappa shape index (κ1) is 22.7. The molecule has 0 fully saturated rings. The molecule has 2 aromatic carbocycles. The maximum Gasteiger partial charge on any atom is 0.338 e. The molecular weight excluding hydrogens is 436 g/mol. The molecular formula is C26H26N2O4S. The summed E-state index contributed by atoms with van der Waals surface area (Å²) in [5.41, 5.74) is 3.51. The Morgan fingerprint density at radius 1 is 1.12 bits per heavy atom. The lowest BCUT2D eigenvalue weighted by atomic mass is 9.93. The number of allylic oxidation sites excluding steroid dienone is 1. The third kappa shape index (κ3) is 4.16. The van der Waals surface area contributed by atoms with E-state index in [0.29, 0.717) is 32.3 Å². The molecule has 0 saturated heterocycles. The maximum absolute atomic E-state index is 13.6. The Labute approximate surface area is 196 Å². The number of carbonyl (C=O) groups is 1. The number of rotatable bonds is 5. The summed E-state index contributed by atoms with van der Waals surface area (Å²) in [6.45, 7) is 6.03. The van der Waals surface area contributed by atoms with Crippen molar-refractivity contribution in [2.24, 2.45) is 4.99 Å². The normalized spacial score (nSPS) is 15.9. The summed E-state index contributed by atoms with van der Waals surface area (Å²) in [6, 6.07) is 14.9. The Bertz CT molecular complexity index is 1410. The number of thiazole rings is 1. The van der Waals surface area contributed by atoms with Gasteiger partial charge in [0.25, 0.3) is 5.56 Å². The fourth-order valence-corrected chi connectivity index (χ4v) is 5.04. The number of benzene rings is 2. The highest BCUT2D eigenvalue weighted by molar-refractivity contribution is 7.07. The first-order valence-electron chi connectivity index (χ1n) is 10.7. The zero-order valence-corrected chi connectivity index (χ0v) is 20.1. The molecule has 0 N–H and O–H groups in total. The second-order valence-corrected chi connectivity index (χ2v) is 9.15. The summed E-state index contributed by atoms with van der Waals surface area (Å²) in [4.78, 5) is 31.5. The fourth-order valence-electron chi connectivity index (χ4n) is 4.00. The minimum absolute atomic E-state index is 0.212. The second-order valence-electron chi connectivity index (χ2n) is 8.14. The Kier molecular flexibility index (Phi) is 6.33. The number of esters is 1. The van der Waals surface area contributed by atoms with Crippen LogP contribution in [0.25, 0.3) is 6.08 Å². The average Bonchev–Trinajstić information content (AvgIpc) is 3.12. The summed E-state index contributed by atoms with van der Waals surface area (Å²) in [7, 11) is 2.94. The van der Waals surface area contributed by atoms with E-state index in [9.17, 15) is 9.59 Å². The molecule has 0 saturated carbocycles. The minimum atomic E-state index is -0.616. The van der Waals surface area contributed by atoms with Crippen LogP contribution in [0.4, 0.5) is 0 Å². The molecule has 3 aromatic rings. The van der Waals surface area contributed by atoms with E-state index in [2.05, 4.69) is 18.8 Å². The number of hydrogen-bond acceptors (Lipinski definition) is 6. The average molecular weight is 463 g/mol. The van der Waals surface area contributed by atoms with Crippen molar-refractivity contribution in [3.63, 3.8) is 0 Å². The molecule has 1 aromatic heterocycles. The van der Waals surface area contributed by atoms with Crippen LogP contribution < -0.4 is 19.6 Å². The monoisotopic (exact) mass is 462 g/mol. The van der Waals surface area contributed by atoms with Crippen LogP contribution in [-0.2, 0) is 9.53 Å². The minimum Gasteiger partial charge on any atom is -0.496 e. The molecule has 1 aliphatic heterocycles. The third-order valence-corrected chi connectivity index (χ3v) is 6.75. The summed E-state index contributed by atoms with van der Waals surface area (Å²) < 4.78 is 12.6. The van der Waals surface area contributed by atoms with Gasteiger partial charge in [-0.3, -0.25) is 9.36 Å². The van der Waals surface area contributed by atoms with Gasteiger partial charge in [0, 0.05) is 5.56 Å². The SMILES string of the molecule is COC(=O)C1=C(C)N=c2sc(=Cc3ccccc3OC)c(=O)n2[C@@H]1c1ccc(C(C)C)cc1. The van der Waals surface area contributed by atoms with Gasteiger partial charge in [0.1, 0.15) is 5.75 Å². The van der Waals surface area contributed by atoms with Crippen molar-refractivity contribution >= 4 is 23.4 Å². The highest BCUT2D eigenvalue weighted by atomic mass is 32.1. The van der Waals surface area contributed by atoms with Gasteiger partial charge >= 0.3 is 5.97 Å². The van der Waals surface area contributed by atoms with E-state index in [1.54, 1.807) is 24.7 Å². The van der Waals surface area contributed by atoms with Crippen molar-refractivity contribution < 1.29 is 14.3 Å². The smallest absolute Gasteiger partial charge is 0.338 e. The van der Waals surface area contributed by atoms with Crippen molar-refractivity contribution in [1.29, 1.82) is 0 Å². The topological polar surface area (TPSA) is 69.9 Å². The second kappa shape index (κ2) is 9.19. The highest BCUT2D eigenvalue weighted by Gasteiger charge is 2.33. The van der Waals surface area contributed by atoms with Crippen LogP contribution in [0.2, 0.25) is 0 Å². The van der Waals surface area contributed by atoms with Crippen LogP contribution in [-0.4, -0.2) is 24.8 Å². The zero-order chi connectivity index (χ0) is 23.7. The predicted molar refractivity (Wildman–Crippen MR) is 129 cm³/mol. The van der Waals surface area contributed by atoms with Crippen LogP contribution in [0.5, 0.6) is 5.75 Å². The molecule has 6 nitrogen and oxygen atoms in total. The number of ether oxygens (including phenoxy) is 2. The molecule has 170 valence electrons. The third-order valence-electron chi connectivity index (χ3n) is 5.77. The fraction of sp³-hybridized carbons (Fsp3) is 0.269. The summed E-state index contributed by atoms with van der Waals surface area (Å²) in [6.07, 6.45) is 1.80. The summed E-state index contributed by atoms with van der Waals surface area (Å²) in [5, 5.41) is 0. The molecule has 1 aliphatic rings. The Morgan fingerprint density at radius 3 is 2.45 bits per heavy atom. The van der Waals surface area contributed by atoms with Gasteiger partial charge in [-0.1, -0.05) is 67.6 Å². The molecule has 1 atom stereocenters. The van der Waals surface area contributed by atoms with E-state index in [-0.39, 0.29) is 5.56 Å². The molecule has 0 unspecified atom stereocenters. The van der Waals surface area contributed by atoms with Crippen LogP contribution in [0.3, 0.4) is 0 Å². The Balaban J connectivity index is 1.96. The van der Waals surface area contributed by atoms with Gasteiger partial charge in [-0.05, 0) is 36.1 Å². The highest BCUT2D eigenvalue weighted by Crippen LogP contribution is 2.31. The van der Waals surface area contributed by atoms with Crippen LogP contribution in [0, 0.1) is 0 Å². The number of para-hydroxylation sites is 1. The number of aromatic nitrogens is 1. The largest absolute Gasteiger partial charge is 0.496 e. The lowest BCUT2D eigenvalue weighted by molar-refractivity contribution is -0.136. The Hall–Kier alpha value is -3.45. The quantitative estimate of drug-likeness (QED) is 0.544. The van der Waals surface area contributed by atoms with Gasteiger partial charge in [0.05, 0.1) is 36.1 Å². The molecule has 4 rings (SSSR count). The molecule has 0 spiro atoms. The standard InChI is InChI=1S/C26H26N2O4S/c1-15(2)17-10-12-18(13-11-17)23-22(25(30)32-5)16(3)27-26-28(23)24(29)21(33-26)14-19-8-6-7-9-20(19)31-4/h6-15,23H,1-5H3/t23-/m1/s1. The van der Waals surface area contributed by atoms with Crippen molar-refractivity contribution in [3.05, 3.63) is 96.2 Å². The van der Waals surface area contributed by atoms with Gasteiger partial charge in [-0.2, -0.15) is 0 Å². The molecule has 2 heterocycles. The van der Waals surface area contributed by atoms with Crippen molar-refractivity contribution in [3.8, 4) is 5.75 Å². The van der Waals surface area contributed by atoms with Crippen molar-refractivity contribution in [2.45, 2.75) is 32.7 Å². The van der Waals surface area contributed by atoms with E-state index in [0.717, 1.165) is 11.1 Å². The Morgan fingerprint density at radius 2 is 1.82 bits per heavy atom. The summed E-state index contributed by atoms with van der Waals surface area (Å²) in [5.74, 6) is 0.558. The maximum atomic E-state index is 13.6. The van der Waals surface area contributed by atoms with E-state index < -0.39 is 12.0 Å². The lowest BCUT2D eigenvalue weighted by Gasteiger charge is -2.24. The molecule has 0 radical (unpaired) electrons. The number of fused-ring (bicyclic) bond motifs is 1. The van der Waals surface area contributed by atoms with Gasteiger partial charge in [0.2, 0.25) is 0 Å². The van der Waals surface area contributed by atoms with Gasteiger partial charge < -0.3 is 9.47 Å². The summed E-state index contributed by atoms with van der Waals surface area (Å²) >= 11 is 1.29.